The summed E-state index contributed by atoms with van der Waals surface area (Å²) in [7, 11) is 1.74. The lowest BCUT2D eigenvalue weighted by Crippen LogP contribution is -2.45. The summed E-state index contributed by atoms with van der Waals surface area (Å²) in [6.07, 6.45) is 4.32. The molecule has 0 unspecified atom stereocenters. The number of alkyl halides is 1. The number of methoxy groups -OCH3 is 1. The Morgan fingerprint density at radius 1 is 1.35 bits per heavy atom. The Hall–Kier alpha value is -0.830. The number of halogens is 1. The van der Waals surface area contributed by atoms with Crippen molar-refractivity contribution in [2.24, 2.45) is 23.2 Å². The van der Waals surface area contributed by atoms with Crippen LogP contribution < -0.4 is 4.74 Å². The fraction of sp³-hybridized carbons (Fsp3) is 0.650. The molecule has 4 rings (SSSR count). The molecule has 0 amide bonds. The summed E-state index contributed by atoms with van der Waals surface area (Å²) >= 11 is 3.65. The van der Waals surface area contributed by atoms with Gasteiger partial charge in [0.1, 0.15) is 5.75 Å². The molecule has 0 saturated heterocycles. The quantitative estimate of drug-likeness (QED) is 0.661. The highest BCUT2D eigenvalue weighted by molar-refractivity contribution is 9.10. The Bertz CT molecular complexity index is 655. The third-order valence-corrected chi connectivity index (χ3v) is 7.77. The second-order valence-corrected chi connectivity index (χ2v) is 9.17. The highest BCUT2D eigenvalue weighted by Crippen LogP contribution is 2.61. The molecule has 124 valence electrons. The third kappa shape index (κ3) is 2.15. The van der Waals surface area contributed by atoms with E-state index in [9.17, 15) is 4.79 Å². The van der Waals surface area contributed by atoms with Crippen LogP contribution in [0.3, 0.4) is 0 Å². The van der Waals surface area contributed by atoms with Crippen molar-refractivity contribution in [3.8, 4) is 5.75 Å². The lowest BCUT2D eigenvalue weighted by atomic mass is 9.53. The number of hydrogen-bond acceptors (Lipinski definition) is 2. The highest BCUT2D eigenvalue weighted by Gasteiger charge is 2.58. The molecule has 0 radical (unpaired) electrons. The summed E-state index contributed by atoms with van der Waals surface area (Å²) in [5.41, 5.74) is 2.87. The zero-order valence-corrected chi connectivity index (χ0v) is 15.7. The molecular weight excluding hydrogens is 352 g/mol. The third-order valence-electron chi connectivity index (χ3n) is 6.98. The molecular formula is C20H25BrO2. The number of rotatable bonds is 1. The van der Waals surface area contributed by atoms with Crippen LogP contribution in [0.25, 0.3) is 0 Å². The Labute approximate surface area is 147 Å². The average molecular weight is 377 g/mol. The zero-order valence-electron chi connectivity index (χ0n) is 14.1. The number of carbonyl (C=O) groups excluding carboxylic acids is 1. The molecule has 3 aliphatic carbocycles. The summed E-state index contributed by atoms with van der Waals surface area (Å²) in [6, 6.07) is 6.61. The van der Waals surface area contributed by atoms with Crippen molar-refractivity contribution in [2.45, 2.75) is 50.3 Å². The van der Waals surface area contributed by atoms with Crippen molar-refractivity contribution in [2.75, 3.05) is 7.11 Å². The molecule has 0 aliphatic heterocycles. The molecule has 6 atom stereocenters. The summed E-state index contributed by atoms with van der Waals surface area (Å²) in [4.78, 5) is 12.8. The molecule has 1 aromatic carbocycles. The van der Waals surface area contributed by atoms with Gasteiger partial charge in [-0.3, -0.25) is 4.79 Å². The summed E-state index contributed by atoms with van der Waals surface area (Å²) in [6.45, 7) is 4.62. The number of ether oxygens (including phenoxy) is 1. The molecule has 0 N–H and O–H groups in total. The zero-order chi connectivity index (χ0) is 16.4. The molecule has 1 aromatic rings. The van der Waals surface area contributed by atoms with Crippen molar-refractivity contribution in [1.29, 1.82) is 0 Å². The van der Waals surface area contributed by atoms with Gasteiger partial charge in [0.15, 0.2) is 5.78 Å². The standard InChI is InChI=1S/C20H25BrO2/c1-11-8-12-9-13(23-3)4-5-14(12)15-6-7-20(2)16(18(11)15)10-17(21)19(20)22/h4-5,9,11,15-18H,6-8,10H2,1-3H3/t11-,15-,16-,17+,18-,20+/m1/s1. The van der Waals surface area contributed by atoms with E-state index in [0.29, 0.717) is 29.5 Å². The van der Waals surface area contributed by atoms with Crippen LogP contribution in [0.5, 0.6) is 5.75 Å². The van der Waals surface area contributed by atoms with Crippen LogP contribution in [0.1, 0.15) is 50.2 Å². The number of hydrogen-bond donors (Lipinski definition) is 0. The van der Waals surface area contributed by atoms with Crippen molar-refractivity contribution >= 4 is 21.7 Å². The first kappa shape index (κ1) is 15.7. The molecule has 0 bridgehead atoms. The normalized spacial score (nSPS) is 41.9. The van der Waals surface area contributed by atoms with Crippen molar-refractivity contribution in [1.82, 2.24) is 0 Å². The van der Waals surface area contributed by atoms with Gasteiger partial charge in [-0.1, -0.05) is 35.8 Å². The number of carbonyl (C=O) groups is 1. The van der Waals surface area contributed by atoms with E-state index in [-0.39, 0.29) is 10.2 Å². The Balaban J connectivity index is 1.75. The average Bonchev–Trinajstić information content (AvgIpc) is 2.77. The van der Waals surface area contributed by atoms with Crippen LogP contribution >= 0.6 is 15.9 Å². The van der Waals surface area contributed by atoms with Crippen molar-refractivity contribution in [3.05, 3.63) is 29.3 Å². The molecule has 3 aliphatic rings. The molecule has 0 heterocycles. The van der Waals surface area contributed by atoms with E-state index in [0.717, 1.165) is 31.4 Å². The second kappa shape index (κ2) is 5.34. The molecule has 2 fully saturated rings. The van der Waals surface area contributed by atoms with Gasteiger partial charge in [-0.15, -0.1) is 0 Å². The largest absolute Gasteiger partial charge is 0.497 e. The Morgan fingerprint density at radius 3 is 2.87 bits per heavy atom. The number of fused-ring (bicyclic) bond motifs is 5. The fourth-order valence-electron chi connectivity index (χ4n) is 5.84. The second-order valence-electron chi connectivity index (χ2n) is 8.06. The molecule has 2 saturated carbocycles. The van der Waals surface area contributed by atoms with Crippen LogP contribution in [0.15, 0.2) is 18.2 Å². The van der Waals surface area contributed by atoms with Crippen LogP contribution in [-0.2, 0) is 11.2 Å². The van der Waals surface area contributed by atoms with Crippen LogP contribution in [0.2, 0.25) is 0 Å². The first-order chi connectivity index (χ1) is 11.0. The van der Waals surface area contributed by atoms with Crippen LogP contribution in [-0.4, -0.2) is 17.7 Å². The minimum Gasteiger partial charge on any atom is -0.497 e. The van der Waals surface area contributed by atoms with Crippen LogP contribution in [0, 0.1) is 23.2 Å². The van der Waals surface area contributed by atoms with Gasteiger partial charge in [-0.05, 0) is 72.6 Å². The van der Waals surface area contributed by atoms with E-state index in [1.54, 1.807) is 7.11 Å². The Kier molecular flexibility index (Phi) is 3.64. The van der Waals surface area contributed by atoms with Gasteiger partial charge in [0.25, 0.3) is 0 Å². The topological polar surface area (TPSA) is 26.3 Å². The number of benzene rings is 1. The van der Waals surface area contributed by atoms with Gasteiger partial charge in [-0.2, -0.15) is 0 Å². The van der Waals surface area contributed by atoms with E-state index in [1.165, 1.54) is 11.1 Å². The van der Waals surface area contributed by atoms with Gasteiger partial charge in [-0.25, -0.2) is 0 Å². The minimum atomic E-state index is -0.104. The maximum absolute atomic E-state index is 12.7. The maximum Gasteiger partial charge on any atom is 0.152 e. The van der Waals surface area contributed by atoms with Gasteiger partial charge >= 0.3 is 0 Å². The number of ketones is 1. The molecule has 23 heavy (non-hydrogen) atoms. The SMILES string of the molecule is COc1ccc2c(c1)C[C@@H](C)[C@@H]1[C@@H]2CC[C@]2(C)C(=O)[C@@H](Br)C[C@H]12. The van der Waals surface area contributed by atoms with Gasteiger partial charge in [0.05, 0.1) is 11.9 Å². The van der Waals surface area contributed by atoms with Gasteiger partial charge < -0.3 is 4.74 Å². The molecule has 0 aromatic heterocycles. The molecule has 2 nitrogen and oxygen atoms in total. The minimum absolute atomic E-state index is 0.0701. The summed E-state index contributed by atoms with van der Waals surface area (Å²) in [5.74, 6) is 3.84. The Morgan fingerprint density at radius 2 is 2.13 bits per heavy atom. The summed E-state index contributed by atoms with van der Waals surface area (Å²) < 4.78 is 5.41. The monoisotopic (exact) mass is 376 g/mol. The molecule has 3 heteroatoms. The van der Waals surface area contributed by atoms with E-state index in [2.05, 4.69) is 48.0 Å². The van der Waals surface area contributed by atoms with Crippen LogP contribution in [0.4, 0.5) is 0 Å². The van der Waals surface area contributed by atoms with Crippen molar-refractivity contribution < 1.29 is 9.53 Å². The van der Waals surface area contributed by atoms with E-state index >= 15 is 0 Å². The molecule has 0 spiro atoms. The van der Waals surface area contributed by atoms with E-state index < -0.39 is 0 Å². The van der Waals surface area contributed by atoms with E-state index in [1.807, 2.05) is 0 Å². The summed E-state index contributed by atoms with van der Waals surface area (Å²) in [5, 5.41) is 0. The predicted octanol–water partition coefficient (Wildman–Crippen LogP) is 4.74. The lowest BCUT2D eigenvalue weighted by molar-refractivity contribution is -0.129. The first-order valence-electron chi connectivity index (χ1n) is 8.81. The highest BCUT2D eigenvalue weighted by atomic mass is 79.9. The fourth-order valence-corrected chi connectivity index (χ4v) is 6.76. The van der Waals surface area contributed by atoms with Crippen molar-refractivity contribution in [3.63, 3.8) is 0 Å². The first-order valence-corrected chi connectivity index (χ1v) is 9.72. The number of Topliss-reactive ketones (excluding diaryl/α,β-unsaturated/α-hetero) is 1. The smallest absolute Gasteiger partial charge is 0.152 e. The maximum atomic E-state index is 12.7. The van der Waals surface area contributed by atoms with E-state index in [4.69, 9.17) is 4.74 Å². The lowest BCUT2D eigenvalue weighted by Gasteiger charge is -2.50. The van der Waals surface area contributed by atoms with Gasteiger partial charge in [0.2, 0.25) is 0 Å². The van der Waals surface area contributed by atoms with Gasteiger partial charge in [0, 0.05) is 5.41 Å². The predicted molar refractivity (Wildman–Crippen MR) is 95.3 cm³/mol.